The Morgan fingerprint density at radius 2 is 1.93 bits per heavy atom. The molecule has 0 aliphatic rings. The van der Waals surface area contributed by atoms with Gasteiger partial charge in [-0.3, -0.25) is 9.55 Å². The van der Waals surface area contributed by atoms with Crippen molar-refractivity contribution in [2.45, 2.75) is 4.90 Å². The zero-order chi connectivity index (χ0) is 19.7. The monoisotopic (exact) mass is 391 g/mol. The number of nitrogen functional groups attached to an aromatic ring is 1. The maximum Gasteiger partial charge on any atom is 0.337 e. The summed E-state index contributed by atoms with van der Waals surface area (Å²) in [4.78, 5) is 26.3. The molecule has 4 rings (SSSR count). The molecule has 8 heteroatoms. The Bertz CT molecular complexity index is 1170. The van der Waals surface area contributed by atoms with Gasteiger partial charge in [-0.2, -0.15) is 0 Å². The largest absolute Gasteiger partial charge is 0.465 e. The number of rotatable bonds is 4. The highest BCUT2D eigenvalue weighted by Gasteiger charge is 2.15. The lowest BCUT2D eigenvalue weighted by Crippen LogP contribution is -2.03. The number of anilines is 1. The summed E-state index contributed by atoms with van der Waals surface area (Å²) >= 11 is 1.62. The van der Waals surface area contributed by atoms with Crippen molar-refractivity contribution in [1.29, 1.82) is 0 Å². The van der Waals surface area contributed by atoms with Gasteiger partial charge in [0.1, 0.15) is 0 Å². The normalized spacial score (nSPS) is 10.9. The second-order valence-corrected chi connectivity index (χ2v) is 6.89. The van der Waals surface area contributed by atoms with Crippen LogP contribution in [-0.4, -0.2) is 38.9 Å². The van der Waals surface area contributed by atoms with Gasteiger partial charge in [0.15, 0.2) is 0 Å². The topological polar surface area (TPSA) is 95.9 Å². The van der Waals surface area contributed by atoms with Gasteiger partial charge >= 0.3 is 5.97 Å². The Kier molecular flexibility index (Phi) is 4.70. The predicted octanol–water partition coefficient (Wildman–Crippen LogP) is 3.57. The Balaban J connectivity index is 1.80. The quantitative estimate of drug-likeness (QED) is 0.420. The van der Waals surface area contributed by atoms with Crippen LogP contribution in [0.4, 0.5) is 5.69 Å². The third-order valence-corrected chi connectivity index (χ3v) is 5.11. The van der Waals surface area contributed by atoms with Crippen LogP contribution in [0.3, 0.4) is 0 Å². The molecule has 7 nitrogen and oxygen atoms in total. The minimum Gasteiger partial charge on any atom is -0.465 e. The highest BCUT2D eigenvalue weighted by molar-refractivity contribution is 7.98. The van der Waals surface area contributed by atoms with Gasteiger partial charge in [-0.05, 0) is 30.5 Å². The van der Waals surface area contributed by atoms with Gasteiger partial charge in [-0.1, -0.05) is 6.07 Å². The molecule has 3 heterocycles. The number of ether oxygens (including phenoxy) is 1. The van der Waals surface area contributed by atoms with Gasteiger partial charge in [0, 0.05) is 46.3 Å². The lowest BCUT2D eigenvalue weighted by molar-refractivity contribution is 0.0601. The van der Waals surface area contributed by atoms with E-state index in [2.05, 4.69) is 15.0 Å². The number of esters is 1. The second kappa shape index (κ2) is 7.32. The number of methoxy groups -OCH3 is 1. The number of hydrogen-bond acceptors (Lipinski definition) is 7. The summed E-state index contributed by atoms with van der Waals surface area (Å²) in [5, 5.41) is 1.02. The maximum atomic E-state index is 11.9. The number of hydrogen-bond donors (Lipinski definition) is 1. The highest BCUT2D eigenvalue weighted by atomic mass is 32.2. The molecule has 0 amide bonds. The van der Waals surface area contributed by atoms with Crippen molar-refractivity contribution in [3.8, 4) is 17.2 Å². The number of fused-ring (bicyclic) bond motifs is 1. The van der Waals surface area contributed by atoms with Crippen molar-refractivity contribution >= 4 is 34.3 Å². The summed E-state index contributed by atoms with van der Waals surface area (Å²) in [6, 6.07) is 8.96. The van der Waals surface area contributed by atoms with Crippen LogP contribution in [-0.2, 0) is 4.74 Å². The fourth-order valence-corrected chi connectivity index (χ4v) is 3.55. The third-order valence-electron chi connectivity index (χ3n) is 4.34. The molecular formula is C20H17N5O2S. The number of carbonyl (C=O) groups excluding carboxylic acids is 1. The van der Waals surface area contributed by atoms with Crippen LogP contribution in [0.15, 0.2) is 60.0 Å². The molecule has 140 valence electrons. The molecule has 4 aromatic rings. The molecular weight excluding hydrogens is 374 g/mol. The first-order valence-electron chi connectivity index (χ1n) is 8.42. The molecule has 28 heavy (non-hydrogen) atoms. The lowest BCUT2D eigenvalue weighted by atomic mass is 10.1. The van der Waals surface area contributed by atoms with E-state index in [1.54, 1.807) is 54.6 Å². The summed E-state index contributed by atoms with van der Waals surface area (Å²) < 4.78 is 6.70. The Hall–Kier alpha value is -3.39. The molecule has 0 saturated carbocycles. The van der Waals surface area contributed by atoms with Crippen molar-refractivity contribution in [2.24, 2.45) is 0 Å². The zero-order valence-electron chi connectivity index (χ0n) is 15.3. The SMILES string of the molecule is COC(=O)c1ccc2c(SC)cn(-c3ncc(-c4cc(N)ccn4)cn3)c2c1. The molecule has 0 spiro atoms. The van der Waals surface area contributed by atoms with Crippen molar-refractivity contribution in [3.63, 3.8) is 0 Å². The van der Waals surface area contributed by atoms with Gasteiger partial charge in [-0.25, -0.2) is 14.8 Å². The molecule has 0 saturated heterocycles. The van der Waals surface area contributed by atoms with Crippen molar-refractivity contribution in [2.75, 3.05) is 19.1 Å². The molecule has 0 bridgehead atoms. The Labute approximate surface area is 165 Å². The molecule has 0 unspecified atom stereocenters. The maximum absolute atomic E-state index is 11.9. The third kappa shape index (κ3) is 3.18. The minimum absolute atomic E-state index is 0.385. The molecule has 0 fully saturated rings. The van der Waals surface area contributed by atoms with Crippen molar-refractivity contribution < 1.29 is 9.53 Å². The van der Waals surface area contributed by atoms with Crippen LogP contribution in [0.1, 0.15) is 10.4 Å². The zero-order valence-corrected chi connectivity index (χ0v) is 16.1. The molecule has 0 aliphatic heterocycles. The summed E-state index contributed by atoms with van der Waals surface area (Å²) in [5.74, 6) is 0.115. The Morgan fingerprint density at radius 1 is 1.14 bits per heavy atom. The first-order valence-corrected chi connectivity index (χ1v) is 9.65. The van der Waals surface area contributed by atoms with Gasteiger partial charge in [-0.15, -0.1) is 11.8 Å². The summed E-state index contributed by atoms with van der Waals surface area (Å²) in [5.41, 5.74) is 9.24. The van der Waals surface area contributed by atoms with Crippen LogP contribution in [0, 0.1) is 0 Å². The average Bonchev–Trinajstić information content (AvgIpc) is 3.11. The van der Waals surface area contributed by atoms with E-state index in [1.807, 2.05) is 23.1 Å². The fourth-order valence-electron chi connectivity index (χ4n) is 2.95. The predicted molar refractivity (Wildman–Crippen MR) is 110 cm³/mol. The number of benzene rings is 1. The fraction of sp³-hybridized carbons (Fsp3) is 0.100. The Morgan fingerprint density at radius 3 is 2.61 bits per heavy atom. The van der Waals surface area contributed by atoms with Crippen molar-refractivity contribution in [3.05, 3.63) is 60.7 Å². The molecule has 0 radical (unpaired) electrons. The highest BCUT2D eigenvalue weighted by Crippen LogP contribution is 2.31. The van der Waals surface area contributed by atoms with E-state index in [-0.39, 0.29) is 5.97 Å². The van der Waals surface area contributed by atoms with E-state index in [0.717, 1.165) is 21.4 Å². The van der Waals surface area contributed by atoms with Crippen LogP contribution >= 0.6 is 11.8 Å². The molecule has 0 atom stereocenters. The van der Waals surface area contributed by atoms with E-state index < -0.39 is 0 Å². The minimum atomic E-state index is -0.385. The van der Waals surface area contributed by atoms with Crippen molar-refractivity contribution in [1.82, 2.24) is 19.5 Å². The standard InChI is InChI=1S/C20H17N5O2S/c1-27-19(26)12-3-4-15-17(7-12)25(11-18(15)28-2)20-23-9-13(10-24-20)16-8-14(21)5-6-22-16/h3-11H,1-2H3,(H2,21,22). The first-order chi connectivity index (χ1) is 13.6. The van der Waals surface area contributed by atoms with Crippen LogP contribution in [0.5, 0.6) is 0 Å². The number of pyridine rings is 1. The molecule has 0 aliphatic carbocycles. The lowest BCUT2D eigenvalue weighted by Gasteiger charge is -2.06. The smallest absolute Gasteiger partial charge is 0.337 e. The average molecular weight is 391 g/mol. The van der Waals surface area contributed by atoms with Gasteiger partial charge in [0.25, 0.3) is 0 Å². The van der Waals surface area contributed by atoms with Gasteiger partial charge < -0.3 is 10.5 Å². The van der Waals surface area contributed by atoms with E-state index in [9.17, 15) is 4.79 Å². The summed E-state index contributed by atoms with van der Waals surface area (Å²) in [6.07, 6.45) is 9.03. The number of thioether (sulfide) groups is 1. The van der Waals surface area contributed by atoms with Crippen LogP contribution < -0.4 is 5.73 Å². The second-order valence-electron chi connectivity index (χ2n) is 6.04. The molecule has 3 aromatic heterocycles. The molecule has 1 aromatic carbocycles. The summed E-state index contributed by atoms with van der Waals surface area (Å²) in [7, 11) is 1.37. The van der Waals surface area contributed by atoms with E-state index in [4.69, 9.17) is 10.5 Å². The van der Waals surface area contributed by atoms with E-state index in [1.165, 1.54) is 7.11 Å². The van der Waals surface area contributed by atoms with Crippen LogP contribution in [0.25, 0.3) is 28.1 Å². The summed E-state index contributed by atoms with van der Waals surface area (Å²) in [6.45, 7) is 0. The van der Waals surface area contributed by atoms with Gasteiger partial charge in [0.05, 0.1) is 23.9 Å². The molecule has 2 N–H and O–H groups in total. The number of nitrogens with zero attached hydrogens (tertiary/aromatic N) is 4. The number of carbonyl (C=O) groups is 1. The number of aromatic nitrogens is 4. The van der Waals surface area contributed by atoms with E-state index in [0.29, 0.717) is 22.9 Å². The van der Waals surface area contributed by atoms with E-state index >= 15 is 0 Å². The van der Waals surface area contributed by atoms with Gasteiger partial charge in [0.2, 0.25) is 5.95 Å². The number of nitrogens with two attached hydrogens (primary N) is 1. The first kappa shape index (κ1) is 18.0. The van der Waals surface area contributed by atoms with Crippen LogP contribution in [0.2, 0.25) is 0 Å².